The maximum atomic E-state index is 11.9. The minimum Gasteiger partial charge on any atom is -0.356 e. The molecule has 0 spiro atoms. The molecule has 4 heteroatoms. The number of carbonyl (C=O) groups is 1. The number of hydrogen-bond acceptors (Lipinski definition) is 3. The predicted octanol–water partition coefficient (Wildman–Crippen LogP) is 2.14. The van der Waals surface area contributed by atoms with Crippen molar-refractivity contribution >= 4 is 5.91 Å². The Labute approximate surface area is 129 Å². The van der Waals surface area contributed by atoms with Crippen molar-refractivity contribution in [3.63, 3.8) is 0 Å². The standard InChI is InChI=1S/C17H31N3O/c1-2-3-4-5-6-10-16-15-17(21)20-14-9-12-18-11-7-8-13-19-16/h3-4,6,10,16,18-19H,2,5,7-9,11-15H2,1H3,(H,20,21)/b4-3-,10-6-. The van der Waals surface area contributed by atoms with Gasteiger partial charge in [-0.25, -0.2) is 0 Å². The maximum absolute atomic E-state index is 11.9. The Bertz CT molecular complexity index is 326. The summed E-state index contributed by atoms with van der Waals surface area (Å²) in [7, 11) is 0. The van der Waals surface area contributed by atoms with E-state index in [9.17, 15) is 4.79 Å². The maximum Gasteiger partial charge on any atom is 0.221 e. The van der Waals surface area contributed by atoms with Crippen molar-refractivity contribution < 1.29 is 4.79 Å². The molecule has 0 aliphatic carbocycles. The van der Waals surface area contributed by atoms with Crippen molar-refractivity contribution in [3.8, 4) is 0 Å². The molecule has 0 aromatic carbocycles. The van der Waals surface area contributed by atoms with Crippen LogP contribution in [0.25, 0.3) is 0 Å². The molecule has 0 radical (unpaired) electrons. The van der Waals surface area contributed by atoms with Crippen LogP contribution in [0.1, 0.15) is 45.4 Å². The Kier molecular flexibility index (Phi) is 10.8. The Morgan fingerprint density at radius 2 is 1.86 bits per heavy atom. The third-order valence-corrected chi connectivity index (χ3v) is 3.49. The second-order valence-corrected chi connectivity index (χ2v) is 5.47. The van der Waals surface area contributed by atoms with E-state index in [-0.39, 0.29) is 11.9 Å². The summed E-state index contributed by atoms with van der Waals surface area (Å²) >= 11 is 0. The lowest BCUT2D eigenvalue weighted by molar-refractivity contribution is -0.121. The highest BCUT2D eigenvalue weighted by molar-refractivity contribution is 5.76. The van der Waals surface area contributed by atoms with Crippen LogP contribution in [-0.4, -0.2) is 38.1 Å². The van der Waals surface area contributed by atoms with Gasteiger partial charge in [-0.2, -0.15) is 0 Å². The molecule has 4 nitrogen and oxygen atoms in total. The summed E-state index contributed by atoms with van der Waals surface area (Å²) in [6.07, 6.45) is 14.5. The molecule has 1 heterocycles. The lowest BCUT2D eigenvalue weighted by atomic mass is 10.1. The van der Waals surface area contributed by atoms with Gasteiger partial charge in [0.1, 0.15) is 0 Å². The van der Waals surface area contributed by atoms with Crippen molar-refractivity contribution in [2.75, 3.05) is 26.2 Å². The molecule has 0 aromatic heterocycles. The first-order valence-corrected chi connectivity index (χ1v) is 8.35. The zero-order valence-electron chi connectivity index (χ0n) is 13.4. The molecule has 3 N–H and O–H groups in total. The summed E-state index contributed by atoms with van der Waals surface area (Å²) in [6, 6.07) is 0.147. The van der Waals surface area contributed by atoms with E-state index in [4.69, 9.17) is 0 Å². The molecule has 1 saturated heterocycles. The Hall–Kier alpha value is -1.13. The van der Waals surface area contributed by atoms with Gasteiger partial charge in [-0.05, 0) is 51.7 Å². The van der Waals surface area contributed by atoms with Crippen molar-refractivity contribution in [1.82, 2.24) is 16.0 Å². The fourth-order valence-corrected chi connectivity index (χ4v) is 2.29. The molecule has 1 fully saturated rings. The summed E-state index contributed by atoms with van der Waals surface area (Å²) < 4.78 is 0. The van der Waals surface area contributed by atoms with E-state index in [0.29, 0.717) is 6.42 Å². The van der Waals surface area contributed by atoms with Gasteiger partial charge < -0.3 is 16.0 Å². The van der Waals surface area contributed by atoms with Crippen LogP contribution in [-0.2, 0) is 4.79 Å². The topological polar surface area (TPSA) is 53.2 Å². The molecule has 1 atom stereocenters. The Balaban J connectivity index is 2.42. The van der Waals surface area contributed by atoms with Gasteiger partial charge in [0.05, 0.1) is 0 Å². The summed E-state index contributed by atoms with van der Waals surface area (Å²) in [5.74, 6) is 0.139. The van der Waals surface area contributed by atoms with Gasteiger partial charge in [0.25, 0.3) is 0 Å². The van der Waals surface area contributed by atoms with Gasteiger partial charge in [-0.15, -0.1) is 0 Å². The lowest BCUT2D eigenvalue weighted by Gasteiger charge is -2.14. The van der Waals surface area contributed by atoms with E-state index in [1.165, 1.54) is 6.42 Å². The van der Waals surface area contributed by atoms with E-state index in [0.717, 1.165) is 51.9 Å². The van der Waals surface area contributed by atoms with Crippen LogP contribution in [0.5, 0.6) is 0 Å². The van der Waals surface area contributed by atoms with Gasteiger partial charge in [0.2, 0.25) is 5.91 Å². The molecule has 1 aliphatic heterocycles. The normalized spacial score (nSPS) is 23.5. The smallest absolute Gasteiger partial charge is 0.221 e. The molecule has 1 rings (SSSR count). The minimum atomic E-state index is 0.139. The van der Waals surface area contributed by atoms with Crippen molar-refractivity contribution in [2.45, 2.75) is 51.5 Å². The molecule has 0 aromatic rings. The van der Waals surface area contributed by atoms with Crippen LogP contribution >= 0.6 is 0 Å². The second-order valence-electron chi connectivity index (χ2n) is 5.47. The van der Waals surface area contributed by atoms with Gasteiger partial charge in [0, 0.05) is 19.0 Å². The summed E-state index contributed by atoms with van der Waals surface area (Å²) in [4.78, 5) is 11.9. The summed E-state index contributed by atoms with van der Waals surface area (Å²) in [5, 5.41) is 9.88. The second kappa shape index (κ2) is 12.6. The van der Waals surface area contributed by atoms with Crippen LogP contribution in [0.2, 0.25) is 0 Å². The first kappa shape index (κ1) is 17.9. The first-order chi connectivity index (χ1) is 10.3. The molecule has 0 bridgehead atoms. The molecule has 120 valence electrons. The van der Waals surface area contributed by atoms with E-state index in [1.54, 1.807) is 0 Å². The van der Waals surface area contributed by atoms with Crippen LogP contribution < -0.4 is 16.0 Å². The van der Waals surface area contributed by atoms with Crippen LogP contribution in [0.4, 0.5) is 0 Å². The minimum absolute atomic E-state index is 0.139. The zero-order valence-corrected chi connectivity index (χ0v) is 13.4. The average molecular weight is 293 g/mol. The van der Waals surface area contributed by atoms with Gasteiger partial charge in [-0.3, -0.25) is 4.79 Å². The number of allylic oxidation sites excluding steroid dienone is 3. The number of nitrogens with one attached hydrogen (secondary N) is 3. The highest BCUT2D eigenvalue weighted by atomic mass is 16.1. The van der Waals surface area contributed by atoms with E-state index < -0.39 is 0 Å². The monoisotopic (exact) mass is 293 g/mol. The molecule has 0 saturated carbocycles. The number of hydrogen-bond donors (Lipinski definition) is 3. The summed E-state index contributed by atoms with van der Waals surface area (Å²) in [5.41, 5.74) is 0. The number of rotatable bonds is 4. The Morgan fingerprint density at radius 3 is 2.71 bits per heavy atom. The molecule has 21 heavy (non-hydrogen) atoms. The first-order valence-electron chi connectivity index (χ1n) is 8.35. The SMILES string of the molecule is CC/C=C\C/C=C\C1CC(=O)NCCCNCCCCN1. The molecular weight excluding hydrogens is 262 g/mol. The van der Waals surface area contributed by atoms with Crippen molar-refractivity contribution in [1.29, 1.82) is 0 Å². The van der Waals surface area contributed by atoms with Crippen LogP contribution in [0, 0.1) is 0 Å². The average Bonchev–Trinajstić information content (AvgIpc) is 2.49. The summed E-state index contributed by atoms with van der Waals surface area (Å²) in [6.45, 7) is 5.92. The van der Waals surface area contributed by atoms with Crippen molar-refractivity contribution in [3.05, 3.63) is 24.3 Å². The third-order valence-electron chi connectivity index (χ3n) is 3.49. The fourth-order valence-electron chi connectivity index (χ4n) is 2.29. The van der Waals surface area contributed by atoms with Crippen LogP contribution in [0.3, 0.4) is 0 Å². The zero-order chi connectivity index (χ0) is 15.2. The third kappa shape index (κ3) is 10.3. The van der Waals surface area contributed by atoms with Crippen molar-refractivity contribution in [2.24, 2.45) is 0 Å². The van der Waals surface area contributed by atoms with E-state index in [1.807, 2.05) is 0 Å². The number of carbonyl (C=O) groups excluding carboxylic acids is 1. The lowest BCUT2D eigenvalue weighted by Crippen LogP contribution is -2.35. The fraction of sp³-hybridized carbons (Fsp3) is 0.706. The van der Waals surface area contributed by atoms with E-state index >= 15 is 0 Å². The highest BCUT2D eigenvalue weighted by Crippen LogP contribution is 1.99. The van der Waals surface area contributed by atoms with Gasteiger partial charge in [0.15, 0.2) is 0 Å². The largest absolute Gasteiger partial charge is 0.356 e. The predicted molar refractivity (Wildman–Crippen MR) is 89.3 cm³/mol. The number of amides is 1. The van der Waals surface area contributed by atoms with Gasteiger partial charge >= 0.3 is 0 Å². The van der Waals surface area contributed by atoms with Gasteiger partial charge in [-0.1, -0.05) is 31.2 Å². The van der Waals surface area contributed by atoms with Crippen LogP contribution in [0.15, 0.2) is 24.3 Å². The molecule has 1 amide bonds. The highest BCUT2D eigenvalue weighted by Gasteiger charge is 2.10. The van der Waals surface area contributed by atoms with E-state index in [2.05, 4.69) is 47.2 Å². The quantitative estimate of drug-likeness (QED) is 0.696. The molecule has 1 aliphatic rings. The Morgan fingerprint density at radius 1 is 1.05 bits per heavy atom. The molecular formula is C17H31N3O. The molecule has 1 unspecified atom stereocenters.